The van der Waals surface area contributed by atoms with Crippen molar-refractivity contribution in [1.82, 2.24) is 19.7 Å². The third kappa shape index (κ3) is 2.94. The van der Waals surface area contributed by atoms with Gasteiger partial charge in [0.1, 0.15) is 6.61 Å². The summed E-state index contributed by atoms with van der Waals surface area (Å²) in [6.45, 7) is 5.27. The molecule has 0 saturated carbocycles. The number of piperidine rings is 1. The fraction of sp³-hybridized carbons (Fsp3) is 0.818. The molecule has 1 atom stereocenters. The zero-order valence-corrected chi connectivity index (χ0v) is 11.0. The van der Waals surface area contributed by atoms with Crippen molar-refractivity contribution < 1.29 is 5.11 Å². The molecule has 1 aliphatic rings. The van der Waals surface area contributed by atoms with E-state index in [9.17, 15) is 5.11 Å². The Labute approximate surface area is 106 Å². The van der Waals surface area contributed by atoms with Crippen LogP contribution in [-0.2, 0) is 13.2 Å². The summed E-state index contributed by atoms with van der Waals surface area (Å²) < 4.78 is 2.49. The van der Waals surface area contributed by atoms with Gasteiger partial charge in [-0.15, -0.1) is 0 Å². The summed E-state index contributed by atoms with van der Waals surface area (Å²) in [7, 11) is 0. The van der Waals surface area contributed by atoms with E-state index >= 15 is 0 Å². The molecule has 6 heteroatoms. The van der Waals surface area contributed by atoms with Crippen molar-refractivity contribution in [2.24, 2.45) is 0 Å². The molecule has 1 aromatic heterocycles. The van der Waals surface area contributed by atoms with Gasteiger partial charge in [0.05, 0.1) is 0 Å². The van der Waals surface area contributed by atoms with Crippen LogP contribution < -0.4 is 0 Å². The van der Waals surface area contributed by atoms with Gasteiger partial charge in [-0.05, 0) is 45.1 Å². The summed E-state index contributed by atoms with van der Waals surface area (Å²) in [5, 5.41) is 15.9. The van der Waals surface area contributed by atoms with E-state index in [1.54, 1.807) is 0 Å². The molecule has 0 radical (unpaired) electrons. The molecule has 1 unspecified atom stereocenters. The Balaban J connectivity index is 2.03. The number of aromatic nitrogens is 3. The van der Waals surface area contributed by atoms with Gasteiger partial charge in [0.2, 0.25) is 0 Å². The van der Waals surface area contributed by atoms with Crippen LogP contribution >= 0.6 is 12.2 Å². The first-order chi connectivity index (χ1) is 8.22. The summed E-state index contributed by atoms with van der Waals surface area (Å²) in [6.07, 6.45) is 3.91. The van der Waals surface area contributed by atoms with Crippen LogP contribution in [0, 0.1) is 4.77 Å². The third-order valence-electron chi connectivity index (χ3n) is 3.44. The van der Waals surface area contributed by atoms with Gasteiger partial charge in [-0.25, -0.2) is 0 Å². The monoisotopic (exact) mass is 256 g/mol. The van der Waals surface area contributed by atoms with Gasteiger partial charge in [0, 0.05) is 12.6 Å². The molecule has 0 aromatic carbocycles. The van der Waals surface area contributed by atoms with Gasteiger partial charge in [-0.3, -0.25) is 10.00 Å². The highest BCUT2D eigenvalue weighted by Gasteiger charge is 2.18. The summed E-state index contributed by atoms with van der Waals surface area (Å²) in [4.78, 5) is 2.49. The number of hydrogen-bond donors (Lipinski definition) is 2. The first kappa shape index (κ1) is 12.7. The second-order valence-corrected chi connectivity index (χ2v) is 5.05. The van der Waals surface area contributed by atoms with Crippen molar-refractivity contribution >= 4 is 12.2 Å². The molecule has 0 spiro atoms. The Bertz CT molecular complexity index is 408. The van der Waals surface area contributed by atoms with Crippen LogP contribution in [0.3, 0.4) is 0 Å². The zero-order chi connectivity index (χ0) is 12.3. The number of hydrogen-bond acceptors (Lipinski definition) is 4. The summed E-state index contributed by atoms with van der Waals surface area (Å²) in [5.41, 5.74) is 0. The van der Waals surface area contributed by atoms with Crippen molar-refractivity contribution in [3.63, 3.8) is 0 Å². The van der Waals surface area contributed by atoms with Crippen LogP contribution in [0.5, 0.6) is 0 Å². The molecule has 17 heavy (non-hydrogen) atoms. The minimum Gasteiger partial charge on any atom is -0.388 e. The molecular weight excluding hydrogens is 236 g/mol. The minimum absolute atomic E-state index is 0.0696. The fourth-order valence-corrected chi connectivity index (χ4v) is 2.62. The quantitative estimate of drug-likeness (QED) is 0.798. The van der Waals surface area contributed by atoms with E-state index in [4.69, 9.17) is 12.2 Å². The lowest BCUT2D eigenvalue weighted by Crippen LogP contribution is -2.40. The Morgan fingerprint density at radius 1 is 1.41 bits per heavy atom. The number of nitrogens with one attached hydrogen (secondary N) is 1. The Morgan fingerprint density at radius 3 is 2.76 bits per heavy atom. The Hall–Kier alpha value is -0.720. The van der Waals surface area contributed by atoms with E-state index in [1.165, 1.54) is 32.4 Å². The molecule has 1 fully saturated rings. The molecule has 0 amide bonds. The lowest BCUT2D eigenvalue weighted by Gasteiger charge is -2.32. The number of aliphatic hydroxyl groups excluding tert-OH is 1. The normalized spacial score (nSPS) is 19.4. The SMILES string of the molecule is CC(Cn1c(CO)n[nH]c1=S)N1CCCCC1. The largest absolute Gasteiger partial charge is 0.388 e. The lowest BCUT2D eigenvalue weighted by molar-refractivity contribution is 0.156. The van der Waals surface area contributed by atoms with Crippen LogP contribution in [0.2, 0.25) is 0 Å². The van der Waals surface area contributed by atoms with Gasteiger partial charge in [-0.1, -0.05) is 6.42 Å². The van der Waals surface area contributed by atoms with Crippen LogP contribution in [0.15, 0.2) is 0 Å². The molecule has 5 nitrogen and oxygen atoms in total. The van der Waals surface area contributed by atoms with Gasteiger partial charge >= 0.3 is 0 Å². The lowest BCUT2D eigenvalue weighted by atomic mass is 10.1. The van der Waals surface area contributed by atoms with E-state index in [1.807, 2.05) is 4.57 Å². The van der Waals surface area contributed by atoms with Crippen molar-refractivity contribution in [1.29, 1.82) is 0 Å². The molecule has 1 aliphatic heterocycles. The summed E-state index contributed by atoms with van der Waals surface area (Å²) in [6, 6.07) is 0.435. The molecule has 96 valence electrons. The maximum Gasteiger partial charge on any atom is 0.195 e. The standard InChI is InChI=1S/C11H20N4OS/c1-9(14-5-3-2-4-6-14)7-15-10(8-16)12-13-11(15)17/h9,16H,2-8H2,1H3,(H,13,17). The highest BCUT2D eigenvalue weighted by atomic mass is 32.1. The average molecular weight is 256 g/mol. The number of nitrogens with zero attached hydrogens (tertiary/aromatic N) is 3. The fourth-order valence-electron chi connectivity index (χ4n) is 2.40. The number of likely N-dealkylation sites (tertiary alicyclic amines) is 1. The van der Waals surface area contributed by atoms with Crippen molar-refractivity contribution in [2.75, 3.05) is 13.1 Å². The number of aliphatic hydroxyl groups is 1. The van der Waals surface area contributed by atoms with E-state index in [-0.39, 0.29) is 6.61 Å². The molecule has 0 bridgehead atoms. The van der Waals surface area contributed by atoms with Crippen LogP contribution in [0.1, 0.15) is 32.0 Å². The smallest absolute Gasteiger partial charge is 0.195 e. The molecule has 1 aromatic rings. The summed E-state index contributed by atoms with van der Waals surface area (Å²) in [5.74, 6) is 0.624. The van der Waals surface area contributed by atoms with E-state index in [2.05, 4.69) is 22.0 Å². The van der Waals surface area contributed by atoms with E-state index in [0.717, 1.165) is 6.54 Å². The highest BCUT2D eigenvalue weighted by Crippen LogP contribution is 2.13. The van der Waals surface area contributed by atoms with Gasteiger partial charge in [-0.2, -0.15) is 5.10 Å². The topological polar surface area (TPSA) is 57.1 Å². The number of aromatic amines is 1. The number of rotatable bonds is 4. The first-order valence-corrected chi connectivity index (χ1v) is 6.62. The number of H-pyrrole nitrogens is 1. The molecule has 2 N–H and O–H groups in total. The second-order valence-electron chi connectivity index (χ2n) is 4.66. The maximum atomic E-state index is 9.19. The second kappa shape index (κ2) is 5.75. The predicted octanol–water partition coefficient (Wildman–Crippen LogP) is 1.31. The summed E-state index contributed by atoms with van der Waals surface area (Å²) >= 11 is 5.17. The molecule has 0 aliphatic carbocycles. The van der Waals surface area contributed by atoms with Crippen molar-refractivity contribution in [3.05, 3.63) is 10.6 Å². The third-order valence-corrected chi connectivity index (χ3v) is 3.75. The van der Waals surface area contributed by atoms with Crippen LogP contribution in [0.25, 0.3) is 0 Å². The van der Waals surface area contributed by atoms with E-state index < -0.39 is 0 Å². The predicted molar refractivity (Wildman–Crippen MR) is 68.2 cm³/mol. The Morgan fingerprint density at radius 2 is 2.12 bits per heavy atom. The van der Waals surface area contributed by atoms with Crippen LogP contribution in [-0.4, -0.2) is 43.9 Å². The molecule has 2 rings (SSSR count). The molecule has 1 saturated heterocycles. The molecular formula is C11H20N4OS. The molecule has 2 heterocycles. The zero-order valence-electron chi connectivity index (χ0n) is 10.2. The van der Waals surface area contributed by atoms with Gasteiger partial charge in [0.25, 0.3) is 0 Å². The minimum atomic E-state index is -0.0696. The highest BCUT2D eigenvalue weighted by molar-refractivity contribution is 7.71. The first-order valence-electron chi connectivity index (χ1n) is 6.21. The maximum absolute atomic E-state index is 9.19. The Kier molecular flexibility index (Phi) is 4.31. The van der Waals surface area contributed by atoms with Crippen LogP contribution in [0.4, 0.5) is 0 Å². The average Bonchev–Trinajstić information content (AvgIpc) is 2.71. The van der Waals surface area contributed by atoms with E-state index in [0.29, 0.717) is 16.6 Å². The van der Waals surface area contributed by atoms with Gasteiger partial charge < -0.3 is 9.67 Å². The van der Waals surface area contributed by atoms with Crippen molar-refractivity contribution in [2.45, 2.75) is 45.4 Å². The van der Waals surface area contributed by atoms with Gasteiger partial charge in [0.15, 0.2) is 10.6 Å². The van der Waals surface area contributed by atoms with Crippen molar-refractivity contribution in [3.8, 4) is 0 Å².